The number of benzene rings is 1. The van der Waals surface area contributed by atoms with Crippen LogP contribution >= 0.6 is 11.6 Å². The molecule has 0 aliphatic carbocycles. The number of amides is 2. The van der Waals surface area contributed by atoms with Gasteiger partial charge in [-0.1, -0.05) is 17.7 Å². The predicted molar refractivity (Wildman–Crippen MR) is 78.4 cm³/mol. The van der Waals surface area contributed by atoms with Crippen LogP contribution in [0.1, 0.15) is 23.2 Å². The molecule has 0 spiro atoms. The molecule has 0 saturated carbocycles. The monoisotopic (exact) mass is 326 g/mol. The van der Waals surface area contributed by atoms with Gasteiger partial charge in [0.05, 0.1) is 17.1 Å². The fourth-order valence-electron chi connectivity index (χ4n) is 2.98. The number of rotatable bonds is 2. The summed E-state index contributed by atoms with van der Waals surface area (Å²) in [6, 6.07) is 4.28. The first-order valence-corrected chi connectivity index (χ1v) is 7.62. The molecule has 7 heteroatoms. The number of ether oxygens (including phenoxy) is 1. The van der Waals surface area contributed by atoms with Gasteiger partial charge in [-0.3, -0.25) is 4.79 Å². The highest BCUT2D eigenvalue weighted by atomic mass is 35.5. The summed E-state index contributed by atoms with van der Waals surface area (Å²) in [5.74, 6) is -1.01. The SMILES string of the molecule is O=C(c1c(F)cccc1Cl)N1CCC(N2CCOC2=O)CC1. The number of likely N-dealkylation sites (tertiary alicyclic amines) is 1. The Bertz CT molecular complexity index is 582. The van der Waals surface area contributed by atoms with E-state index in [0.29, 0.717) is 39.1 Å². The molecule has 0 unspecified atom stereocenters. The van der Waals surface area contributed by atoms with Crippen LogP contribution in [0.25, 0.3) is 0 Å². The molecule has 0 N–H and O–H groups in total. The number of piperidine rings is 1. The maximum Gasteiger partial charge on any atom is 0.410 e. The Morgan fingerprint density at radius 3 is 2.59 bits per heavy atom. The molecular weight excluding hydrogens is 311 g/mol. The molecule has 118 valence electrons. The van der Waals surface area contributed by atoms with E-state index in [-0.39, 0.29) is 22.7 Å². The van der Waals surface area contributed by atoms with E-state index in [1.807, 2.05) is 0 Å². The summed E-state index contributed by atoms with van der Waals surface area (Å²) in [6.07, 6.45) is 1.03. The molecule has 3 rings (SSSR count). The zero-order valence-corrected chi connectivity index (χ0v) is 12.7. The number of cyclic esters (lactones) is 1. The molecule has 0 radical (unpaired) electrons. The van der Waals surface area contributed by atoms with Crippen molar-refractivity contribution in [2.45, 2.75) is 18.9 Å². The fraction of sp³-hybridized carbons (Fsp3) is 0.467. The second-order valence-electron chi connectivity index (χ2n) is 5.43. The van der Waals surface area contributed by atoms with Crippen LogP contribution in [0.2, 0.25) is 5.02 Å². The van der Waals surface area contributed by atoms with Crippen molar-refractivity contribution in [2.24, 2.45) is 0 Å². The van der Waals surface area contributed by atoms with Crippen LogP contribution in [0.5, 0.6) is 0 Å². The van der Waals surface area contributed by atoms with Gasteiger partial charge in [0.2, 0.25) is 0 Å². The molecule has 2 fully saturated rings. The smallest absolute Gasteiger partial charge is 0.410 e. The molecule has 2 aliphatic heterocycles. The lowest BCUT2D eigenvalue weighted by Gasteiger charge is -2.35. The molecule has 0 bridgehead atoms. The van der Waals surface area contributed by atoms with Crippen molar-refractivity contribution < 1.29 is 18.7 Å². The van der Waals surface area contributed by atoms with Gasteiger partial charge in [0.1, 0.15) is 12.4 Å². The lowest BCUT2D eigenvalue weighted by Crippen LogP contribution is -2.47. The molecule has 1 aromatic carbocycles. The Hall–Kier alpha value is -1.82. The molecule has 1 aromatic rings. The van der Waals surface area contributed by atoms with E-state index in [1.54, 1.807) is 9.80 Å². The summed E-state index contributed by atoms with van der Waals surface area (Å²) in [4.78, 5) is 27.3. The number of carbonyl (C=O) groups is 2. The van der Waals surface area contributed by atoms with Crippen LogP contribution in [-0.2, 0) is 4.74 Å². The summed E-state index contributed by atoms with van der Waals surface area (Å²) in [5.41, 5.74) is -0.0804. The van der Waals surface area contributed by atoms with Crippen molar-refractivity contribution in [3.63, 3.8) is 0 Å². The van der Waals surface area contributed by atoms with Gasteiger partial charge >= 0.3 is 6.09 Å². The summed E-state index contributed by atoms with van der Waals surface area (Å²) in [6.45, 7) is 1.95. The summed E-state index contributed by atoms with van der Waals surface area (Å²) in [7, 11) is 0. The van der Waals surface area contributed by atoms with Crippen molar-refractivity contribution in [1.29, 1.82) is 0 Å². The highest BCUT2D eigenvalue weighted by Crippen LogP contribution is 2.25. The molecule has 22 heavy (non-hydrogen) atoms. The first-order chi connectivity index (χ1) is 10.6. The molecule has 0 atom stereocenters. The number of hydrogen-bond acceptors (Lipinski definition) is 3. The fourth-order valence-corrected chi connectivity index (χ4v) is 3.22. The van der Waals surface area contributed by atoms with Crippen LogP contribution in [0.4, 0.5) is 9.18 Å². The molecule has 2 saturated heterocycles. The lowest BCUT2D eigenvalue weighted by molar-refractivity contribution is 0.0654. The Labute approximate surface area is 132 Å². The minimum absolute atomic E-state index is 0.0788. The van der Waals surface area contributed by atoms with Crippen LogP contribution in [0.15, 0.2) is 18.2 Å². The van der Waals surface area contributed by atoms with Gasteiger partial charge in [0.25, 0.3) is 5.91 Å². The Kier molecular flexibility index (Phi) is 4.20. The topological polar surface area (TPSA) is 49.9 Å². The van der Waals surface area contributed by atoms with Crippen molar-refractivity contribution >= 4 is 23.6 Å². The van der Waals surface area contributed by atoms with Gasteiger partial charge in [-0.15, -0.1) is 0 Å². The van der Waals surface area contributed by atoms with Gasteiger partial charge < -0.3 is 14.5 Å². The van der Waals surface area contributed by atoms with E-state index in [2.05, 4.69) is 0 Å². The highest BCUT2D eigenvalue weighted by molar-refractivity contribution is 6.33. The van der Waals surface area contributed by atoms with Gasteiger partial charge in [0.15, 0.2) is 0 Å². The third-order valence-corrected chi connectivity index (χ3v) is 4.48. The van der Waals surface area contributed by atoms with E-state index in [0.717, 1.165) is 0 Å². The van der Waals surface area contributed by atoms with E-state index < -0.39 is 11.7 Å². The Morgan fingerprint density at radius 2 is 2.00 bits per heavy atom. The largest absolute Gasteiger partial charge is 0.448 e. The lowest BCUT2D eigenvalue weighted by atomic mass is 10.0. The van der Waals surface area contributed by atoms with Gasteiger partial charge in [-0.05, 0) is 25.0 Å². The standard InChI is InChI=1S/C15H16ClFN2O3/c16-11-2-1-3-12(17)13(11)14(20)18-6-4-10(5-7-18)19-8-9-22-15(19)21/h1-3,10H,4-9H2. The number of halogens is 2. The average molecular weight is 327 g/mol. The summed E-state index contributed by atoms with van der Waals surface area (Å²) < 4.78 is 18.8. The maximum atomic E-state index is 13.8. The maximum absolute atomic E-state index is 13.8. The predicted octanol–water partition coefficient (Wildman–Crippen LogP) is 2.54. The second kappa shape index (κ2) is 6.12. The van der Waals surface area contributed by atoms with Gasteiger partial charge in [0, 0.05) is 19.1 Å². The third-order valence-electron chi connectivity index (χ3n) is 4.16. The first-order valence-electron chi connectivity index (χ1n) is 7.24. The van der Waals surface area contributed by atoms with Crippen LogP contribution in [0, 0.1) is 5.82 Å². The Balaban J connectivity index is 1.66. The minimum atomic E-state index is -0.609. The number of hydrogen-bond donors (Lipinski definition) is 0. The van der Waals surface area contributed by atoms with Crippen molar-refractivity contribution in [3.05, 3.63) is 34.6 Å². The molecule has 5 nitrogen and oxygen atoms in total. The second-order valence-corrected chi connectivity index (χ2v) is 5.83. The third kappa shape index (κ3) is 2.75. The van der Waals surface area contributed by atoms with E-state index in [9.17, 15) is 14.0 Å². The molecule has 2 amide bonds. The first kappa shape index (κ1) is 15.1. The van der Waals surface area contributed by atoms with Crippen molar-refractivity contribution in [1.82, 2.24) is 9.80 Å². The van der Waals surface area contributed by atoms with E-state index in [4.69, 9.17) is 16.3 Å². The summed E-state index contributed by atoms with van der Waals surface area (Å²) in [5, 5.41) is 0.121. The van der Waals surface area contributed by atoms with E-state index >= 15 is 0 Å². The van der Waals surface area contributed by atoms with Crippen molar-refractivity contribution in [3.8, 4) is 0 Å². The van der Waals surface area contributed by atoms with Crippen molar-refractivity contribution in [2.75, 3.05) is 26.2 Å². The zero-order valence-electron chi connectivity index (χ0n) is 11.9. The average Bonchev–Trinajstić information content (AvgIpc) is 2.93. The normalized spacial score (nSPS) is 19.5. The van der Waals surface area contributed by atoms with Crippen LogP contribution < -0.4 is 0 Å². The summed E-state index contributed by atoms with van der Waals surface area (Å²) >= 11 is 5.94. The van der Waals surface area contributed by atoms with E-state index in [1.165, 1.54) is 18.2 Å². The quantitative estimate of drug-likeness (QED) is 0.839. The highest BCUT2D eigenvalue weighted by Gasteiger charge is 2.34. The Morgan fingerprint density at radius 1 is 1.27 bits per heavy atom. The molecular formula is C15H16ClFN2O3. The van der Waals surface area contributed by atoms with Crippen LogP contribution in [0.3, 0.4) is 0 Å². The van der Waals surface area contributed by atoms with Gasteiger partial charge in [-0.2, -0.15) is 0 Å². The number of nitrogens with zero attached hydrogens (tertiary/aromatic N) is 2. The molecule has 2 aliphatic rings. The van der Waals surface area contributed by atoms with Crippen LogP contribution in [-0.4, -0.2) is 54.1 Å². The zero-order chi connectivity index (χ0) is 15.7. The number of carbonyl (C=O) groups excluding carboxylic acids is 2. The molecule has 0 aromatic heterocycles. The molecule has 2 heterocycles. The van der Waals surface area contributed by atoms with Gasteiger partial charge in [-0.25, -0.2) is 9.18 Å². The minimum Gasteiger partial charge on any atom is -0.448 e.